The van der Waals surface area contributed by atoms with Crippen LogP contribution in [0.15, 0.2) is 41.1 Å². The van der Waals surface area contributed by atoms with Crippen LogP contribution in [-0.2, 0) is 6.54 Å². The summed E-state index contributed by atoms with van der Waals surface area (Å²) in [6.07, 6.45) is 0.220. The second kappa shape index (κ2) is 6.82. The summed E-state index contributed by atoms with van der Waals surface area (Å²) < 4.78 is 29.9. The van der Waals surface area contributed by atoms with Gasteiger partial charge in [0.05, 0.1) is 12.1 Å². The SMILES string of the molecule is Nc1ncc(-c2nnn(Cc3ccc(-c4nnc(C(F)F)o4)cc3)n2)cn1. The molecule has 10 nitrogen and oxygen atoms in total. The summed E-state index contributed by atoms with van der Waals surface area (Å²) in [4.78, 5) is 9.17. The number of nitrogens with two attached hydrogens (primary N) is 1. The van der Waals surface area contributed by atoms with E-state index in [1.807, 2.05) is 0 Å². The zero-order valence-electron chi connectivity index (χ0n) is 13.6. The van der Waals surface area contributed by atoms with Gasteiger partial charge in [-0.3, -0.25) is 0 Å². The van der Waals surface area contributed by atoms with Gasteiger partial charge in [0.25, 0.3) is 5.89 Å². The molecule has 3 heterocycles. The summed E-state index contributed by atoms with van der Waals surface area (Å²) in [5.41, 5.74) is 7.44. The van der Waals surface area contributed by atoms with E-state index in [1.54, 1.807) is 24.3 Å². The summed E-state index contributed by atoms with van der Waals surface area (Å²) >= 11 is 0. The van der Waals surface area contributed by atoms with Crippen molar-refractivity contribution in [2.75, 3.05) is 5.73 Å². The molecule has 4 rings (SSSR count). The molecule has 0 aliphatic rings. The molecule has 136 valence electrons. The first-order valence-electron chi connectivity index (χ1n) is 7.65. The molecule has 27 heavy (non-hydrogen) atoms. The number of halogens is 2. The van der Waals surface area contributed by atoms with Gasteiger partial charge in [-0.2, -0.15) is 13.6 Å². The Kier molecular flexibility index (Phi) is 4.20. The number of aromatic nitrogens is 8. The number of benzene rings is 1. The predicted molar refractivity (Wildman–Crippen MR) is 87.0 cm³/mol. The maximum absolute atomic E-state index is 12.5. The molecule has 0 amide bonds. The fourth-order valence-corrected chi connectivity index (χ4v) is 2.23. The van der Waals surface area contributed by atoms with Crippen molar-refractivity contribution in [3.63, 3.8) is 0 Å². The largest absolute Gasteiger partial charge is 0.415 e. The average Bonchev–Trinajstić information content (AvgIpc) is 3.33. The topological polar surface area (TPSA) is 134 Å². The van der Waals surface area contributed by atoms with Crippen LogP contribution in [0.1, 0.15) is 17.9 Å². The molecule has 0 radical (unpaired) electrons. The summed E-state index contributed by atoms with van der Waals surface area (Å²) in [6.45, 7) is 0.356. The summed E-state index contributed by atoms with van der Waals surface area (Å²) in [5, 5.41) is 19.1. The van der Waals surface area contributed by atoms with E-state index in [9.17, 15) is 8.78 Å². The molecule has 1 aromatic carbocycles. The number of rotatable bonds is 5. The van der Waals surface area contributed by atoms with Crippen LogP contribution in [0, 0.1) is 0 Å². The highest BCUT2D eigenvalue weighted by atomic mass is 19.3. The van der Waals surface area contributed by atoms with Crippen molar-refractivity contribution in [3.05, 3.63) is 48.1 Å². The van der Waals surface area contributed by atoms with Crippen LogP contribution in [0.5, 0.6) is 0 Å². The van der Waals surface area contributed by atoms with E-state index < -0.39 is 12.3 Å². The Morgan fingerprint density at radius 1 is 1.00 bits per heavy atom. The van der Waals surface area contributed by atoms with Crippen LogP contribution in [0.25, 0.3) is 22.8 Å². The first kappa shape index (κ1) is 16.6. The van der Waals surface area contributed by atoms with Gasteiger partial charge in [0.1, 0.15) is 0 Å². The van der Waals surface area contributed by atoms with Crippen molar-refractivity contribution in [2.45, 2.75) is 13.0 Å². The highest BCUT2D eigenvalue weighted by Gasteiger charge is 2.17. The van der Waals surface area contributed by atoms with Gasteiger partial charge in [0.2, 0.25) is 17.7 Å². The summed E-state index contributed by atoms with van der Waals surface area (Å²) in [7, 11) is 0. The molecular weight excluding hydrogens is 360 g/mol. The first-order chi connectivity index (χ1) is 13.1. The van der Waals surface area contributed by atoms with Crippen molar-refractivity contribution in [3.8, 4) is 22.8 Å². The molecule has 0 saturated carbocycles. The second-order valence-corrected chi connectivity index (χ2v) is 5.42. The third-order valence-corrected chi connectivity index (χ3v) is 3.54. The molecule has 0 atom stereocenters. The number of nitrogens with zero attached hydrogens (tertiary/aromatic N) is 8. The molecule has 12 heteroatoms. The third kappa shape index (κ3) is 3.58. The van der Waals surface area contributed by atoms with Gasteiger partial charge < -0.3 is 10.2 Å². The normalized spacial score (nSPS) is 11.2. The molecule has 4 aromatic rings. The van der Waals surface area contributed by atoms with Crippen molar-refractivity contribution in [1.82, 2.24) is 40.4 Å². The van der Waals surface area contributed by atoms with Crippen LogP contribution in [0.2, 0.25) is 0 Å². The maximum Gasteiger partial charge on any atom is 0.314 e. The average molecular weight is 371 g/mol. The Balaban J connectivity index is 1.48. The lowest BCUT2D eigenvalue weighted by Gasteiger charge is -2.01. The predicted octanol–water partition coefficient (Wildman–Crippen LogP) is 1.75. The fourth-order valence-electron chi connectivity index (χ4n) is 2.23. The third-order valence-electron chi connectivity index (χ3n) is 3.54. The molecule has 0 aliphatic heterocycles. The smallest absolute Gasteiger partial charge is 0.314 e. The lowest BCUT2D eigenvalue weighted by molar-refractivity contribution is 0.116. The minimum Gasteiger partial charge on any atom is -0.415 e. The van der Waals surface area contributed by atoms with Crippen LogP contribution < -0.4 is 5.73 Å². The quantitative estimate of drug-likeness (QED) is 0.556. The Hall–Kier alpha value is -3.83. The van der Waals surface area contributed by atoms with E-state index in [0.29, 0.717) is 23.5 Å². The molecule has 0 spiro atoms. The second-order valence-electron chi connectivity index (χ2n) is 5.42. The van der Waals surface area contributed by atoms with Crippen molar-refractivity contribution >= 4 is 5.95 Å². The van der Waals surface area contributed by atoms with Gasteiger partial charge in [-0.15, -0.1) is 20.4 Å². The van der Waals surface area contributed by atoms with E-state index in [-0.39, 0.29) is 11.8 Å². The molecule has 2 N–H and O–H groups in total. The van der Waals surface area contributed by atoms with Crippen LogP contribution >= 0.6 is 0 Å². The monoisotopic (exact) mass is 371 g/mol. The van der Waals surface area contributed by atoms with Crippen LogP contribution in [0.4, 0.5) is 14.7 Å². The Labute approximate surface area is 150 Å². The Morgan fingerprint density at radius 3 is 2.41 bits per heavy atom. The van der Waals surface area contributed by atoms with Gasteiger partial charge in [-0.05, 0) is 22.9 Å². The van der Waals surface area contributed by atoms with E-state index in [1.165, 1.54) is 17.2 Å². The summed E-state index contributed by atoms with van der Waals surface area (Å²) in [6, 6.07) is 6.92. The fraction of sp³-hybridized carbons (Fsp3) is 0.133. The van der Waals surface area contributed by atoms with E-state index in [0.717, 1.165) is 5.56 Å². The van der Waals surface area contributed by atoms with Gasteiger partial charge in [-0.1, -0.05) is 12.1 Å². The first-order valence-corrected chi connectivity index (χ1v) is 7.65. The Morgan fingerprint density at radius 2 is 1.74 bits per heavy atom. The molecular formula is C15H11F2N9O. The molecule has 0 unspecified atom stereocenters. The van der Waals surface area contributed by atoms with Crippen molar-refractivity contribution in [2.24, 2.45) is 0 Å². The minimum atomic E-state index is -2.80. The number of tetrazole rings is 1. The molecule has 3 aromatic heterocycles. The molecule has 0 aliphatic carbocycles. The molecule has 0 bridgehead atoms. The van der Waals surface area contributed by atoms with Crippen LogP contribution in [-0.4, -0.2) is 40.4 Å². The lowest BCUT2D eigenvalue weighted by atomic mass is 10.1. The van der Waals surface area contributed by atoms with Gasteiger partial charge in [0.15, 0.2) is 0 Å². The lowest BCUT2D eigenvalue weighted by Crippen LogP contribution is -2.04. The van der Waals surface area contributed by atoms with Gasteiger partial charge >= 0.3 is 6.43 Å². The van der Waals surface area contributed by atoms with Gasteiger partial charge in [0, 0.05) is 18.0 Å². The van der Waals surface area contributed by atoms with Gasteiger partial charge in [-0.25, -0.2) is 9.97 Å². The number of hydrogen-bond acceptors (Lipinski definition) is 9. The highest BCUT2D eigenvalue weighted by molar-refractivity contribution is 5.53. The zero-order valence-corrected chi connectivity index (χ0v) is 13.6. The van der Waals surface area contributed by atoms with Crippen molar-refractivity contribution < 1.29 is 13.2 Å². The van der Waals surface area contributed by atoms with E-state index in [4.69, 9.17) is 10.2 Å². The molecule has 0 fully saturated rings. The number of hydrogen-bond donors (Lipinski definition) is 1. The highest BCUT2D eigenvalue weighted by Crippen LogP contribution is 2.23. The summed E-state index contributed by atoms with van der Waals surface area (Å²) in [5.74, 6) is -0.147. The number of alkyl halides is 2. The van der Waals surface area contributed by atoms with E-state index in [2.05, 4.69) is 35.6 Å². The molecule has 0 saturated heterocycles. The minimum absolute atomic E-state index is 0.0290. The van der Waals surface area contributed by atoms with Crippen LogP contribution in [0.3, 0.4) is 0 Å². The maximum atomic E-state index is 12.5. The number of anilines is 1. The van der Waals surface area contributed by atoms with E-state index >= 15 is 0 Å². The zero-order chi connectivity index (χ0) is 18.8. The standard InChI is InChI=1S/C15H11F2N9O/c16-11(17)14-23-22-13(27-14)9-3-1-8(2-4-9)7-26-24-12(21-25-26)10-5-19-15(18)20-6-10/h1-6,11H,7H2,(H2,18,19,20). The Bertz CT molecular complexity index is 1040. The number of nitrogen functional groups attached to an aromatic ring is 1. The van der Waals surface area contributed by atoms with Crippen molar-refractivity contribution in [1.29, 1.82) is 0 Å².